The van der Waals surface area contributed by atoms with Crippen LogP contribution in [0.1, 0.15) is 5.56 Å². The molecule has 0 aliphatic carbocycles. The lowest BCUT2D eigenvalue weighted by Gasteiger charge is -2.11. The van der Waals surface area contributed by atoms with Gasteiger partial charge >= 0.3 is 0 Å². The van der Waals surface area contributed by atoms with Gasteiger partial charge in [0.15, 0.2) is 0 Å². The van der Waals surface area contributed by atoms with Crippen LogP contribution in [-0.2, 0) is 10.0 Å². The first-order valence-corrected chi connectivity index (χ1v) is 7.63. The number of nitriles is 1. The van der Waals surface area contributed by atoms with Crippen molar-refractivity contribution < 1.29 is 8.42 Å². The fraction of sp³-hybridized carbons (Fsp3) is 0. The molecule has 6 nitrogen and oxygen atoms in total. The van der Waals surface area contributed by atoms with E-state index in [9.17, 15) is 8.42 Å². The fourth-order valence-electron chi connectivity index (χ4n) is 1.51. The second kappa shape index (κ2) is 5.48. The van der Waals surface area contributed by atoms with Crippen molar-refractivity contribution >= 4 is 37.3 Å². The van der Waals surface area contributed by atoms with Crippen molar-refractivity contribution in [3.05, 3.63) is 46.7 Å². The molecule has 1 aromatic heterocycles. The van der Waals surface area contributed by atoms with E-state index in [2.05, 4.69) is 25.6 Å². The second-order valence-corrected chi connectivity index (χ2v) is 6.39. The predicted octanol–water partition coefficient (Wildman–Crippen LogP) is 2.10. The molecule has 0 aliphatic heterocycles. The van der Waals surface area contributed by atoms with Gasteiger partial charge in [-0.15, -0.1) is 0 Å². The fourth-order valence-corrected chi connectivity index (χ4v) is 3.02. The summed E-state index contributed by atoms with van der Waals surface area (Å²) in [5, 5.41) is 8.99. The molecule has 20 heavy (non-hydrogen) atoms. The van der Waals surface area contributed by atoms with Crippen molar-refractivity contribution in [2.75, 3.05) is 10.5 Å². The Morgan fingerprint density at radius 3 is 2.75 bits per heavy atom. The van der Waals surface area contributed by atoms with Crippen LogP contribution in [0.25, 0.3) is 0 Å². The molecule has 3 N–H and O–H groups in total. The van der Waals surface area contributed by atoms with Gasteiger partial charge in [-0.25, -0.2) is 8.42 Å². The number of nitrogen functional groups attached to an aromatic ring is 1. The van der Waals surface area contributed by atoms with Crippen molar-refractivity contribution in [2.45, 2.75) is 4.90 Å². The molecule has 0 amide bonds. The lowest BCUT2D eigenvalue weighted by atomic mass is 10.2. The molecule has 0 bridgehead atoms. The molecule has 0 radical (unpaired) electrons. The molecule has 0 spiro atoms. The second-order valence-electron chi connectivity index (χ2n) is 3.82. The largest absolute Gasteiger partial charge is 0.398 e. The van der Waals surface area contributed by atoms with E-state index in [1.807, 2.05) is 6.07 Å². The van der Waals surface area contributed by atoms with Crippen LogP contribution in [0.4, 0.5) is 11.4 Å². The molecule has 0 fully saturated rings. The number of nitrogens with two attached hydrogens (primary N) is 1. The number of sulfonamides is 1. The first-order chi connectivity index (χ1) is 9.44. The van der Waals surface area contributed by atoms with Crippen molar-refractivity contribution in [1.82, 2.24) is 4.98 Å². The lowest BCUT2D eigenvalue weighted by molar-refractivity contribution is 0.601. The zero-order chi connectivity index (χ0) is 14.8. The first-order valence-electron chi connectivity index (χ1n) is 5.36. The topological polar surface area (TPSA) is 109 Å². The highest BCUT2D eigenvalue weighted by atomic mass is 79.9. The maximum absolute atomic E-state index is 12.2. The van der Waals surface area contributed by atoms with Gasteiger partial charge in [0.2, 0.25) is 0 Å². The number of hydrogen-bond acceptors (Lipinski definition) is 5. The van der Waals surface area contributed by atoms with Crippen molar-refractivity contribution in [2.24, 2.45) is 0 Å². The van der Waals surface area contributed by atoms with Crippen LogP contribution in [0, 0.1) is 11.3 Å². The van der Waals surface area contributed by atoms with Crippen LogP contribution >= 0.6 is 15.9 Å². The van der Waals surface area contributed by atoms with Crippen LogP contribution in [0.2, 0.25) is 0 Å². The van der Waals surface area contributed by atoms with Crippen LogP contribution in [0.15, 0.2) is 46.0 Å². The van der Waals surface area contributed by atoms with Crippen LogP contribution < -0.4 is 10.5 Å². The molecule has 0 saturated heterocycles. The SMILES string of the molecule is N#Cc1ccc(Br)cc1NS(=O)(=O)c1cnccc1N. The van der Waals surface area contributed by atoms with Crippen molar-refractivity contribution in [3.8, 4) is 6.07 Å². The van der Waals surface area contributed by atoms with Gasteiger partial charge in [0, 0.05) is 16.9 Å². The minimum atomic E-state index is -3.90. The molecule has 1 aromatic carbocycles. The minimum Gasteiger partial charge on any atom is -0.398 e. The maximum Gasteiger partial charge on any atom is 0.265 e. The third kappa shape index (κ3) is 2.89. The molecule has 1 heterocycles. The molecule has 0 unspecified atom stereocenters. The number of rotatable bonds is 3. The number of nitrogens with one attached hydrogen (secondary N) is 1. The van der Waals surface area contributed by atoms with Gasteiger partial charge in [-0.3, -0.25) is 9.71 Å². The van der Waals surface area contributed by atoms with Gasteiger partial charge in [-0.2, -0.15) is 5.26 Å². The number of halogens is 1. The van der Waals surface area contributed by atoms with E-state index >= 15 is 0 Å². The summed E-state index contributed by atoms with van der Waals surface area (Å²) in [6, 6.07) is 7.97. The minimum absolute atomic E-state index is 0.0843. The zero-order valence-electron chi connectivity index (χ0n) is 10.0. The Labute approximate surface area is 124 Å². The summed E-state index contributed by atoms with van der Waals surface area (Å²) in [7, 11) is -3.90. The molecule has 0 saturated carbocycles. The zero-order valence-corrected chi connectivity index (χ0v) is 12.4. The van der Waals surface area contributed by atoms with Gasteiger partial charge < -0.3 is 5.73 Å². The summed E-state index contributed by atoms with van der Waals surface area (Å²) in [5.74, 6) is 0. The molecular formula is C12H9BrN4O2S. The molecular weight excluding hydrogens is 344 g/mol. The number of pyridine rings is 1. The smallest absolute Gasteiger partial charge is 0.265 e. The summed E-state index contributed by atoms with van der Waals surface area (Å²) in [6.07, 6.45) is 2.55. The number of aromatic nitrogens is 1. The standard InChI is InChI=1S/C12H9BrN4O2S/c13-9-2-1-8(6-14)11(5-9)17-20(18,19)12-7-16-4-3-10(12)15/h1-5,7,17H,(H2,15,16). The molecule has 8 heteroatoms. The Kier molecular flexibility index (Phi) is 3.92. The number of benzene rings is 1. The highest BCUT2D eigenvalue weighted by molar-refractivity contribution is 9.10. The molecule has 0 aliphatic rings. The van der Waals surface area contributed by atoms with Crippen LogP contribution in [-0.4, -0.2) is 13.4 Å². The van der Waals surface area contributed by atoms with E-state index in [0.717, 1.165) is 6.20 Å². The van der Waals surface area contributed by atoms with Gasteiger partial charge in [0.05, 0.1) is 16.9 Å². The molecule has 102 valence electrons. The highest BCUT2D eigenvalue weighted by Crippen LogP contribution is 2.25. The Morgan fingerprint density at radius 2 is 2.10 bits per heavy atom. The van der Waals surface area contributed by atoms with Gasteiger partial charge in [0.1, 0.15) is 11.0 Å². The number of nitrogens with zero attached hydrogens (tertiary/aromatic N) is 2. The molecule has 2 rings (SSSR count). The summed E-state index contributed by atoms with van der Waals surface area (Å²) < 4.78 is 27.5. The summed E-state index contributed by atoms with van der Waals surface area (Å²) >= 11 is 3.22. The van der Waals surface area contributed by atoms with E-state index in [4.69, 9.17) is 11.0 Å². The van der Waals surface area contributed by atoms with E-state index < -0.39 is 10.0 Å². The van der Waals surface area contributed by atoms with Crippen molar-refractivity contribution in [3.63, 3.8) is 0 Å². The van der Waals surface area contributed by atoms with Gasteiger partial charge in [-0.1, -0.05) is 15.9 Å². The Hall–Kier alpha value is -2.11. The predicted molar refractivity (Wildman–Crippen MR) is 78.3 cm³/mol. The third-order valence-corrected chi connectivity index (χ3v) is 4.35. The first kappa shape index (κ1) is 14.3. The van der Waals surface area contributed by atoms with Gasteiger partial charge in [0.25, 0.3) is 10.0 Å². The number of anilines is 2. The Balaban J connectivity index is 2.47. The van der Waals surface area contributed by atoms with E-state index in [1.54, 1.807) is 6.07 Å². The summed E-state index contributed by atoms with van der Waals surface area (Å²) in [6.45, 7) is 0. The Bertz CT molecular complexity index is 799. The average Bonchev–Trinajstić information content (AvgIpc) is 2.39. The lowest BCUT2D eigenvalue weighted by Crippen LogP contribution is -2.15. The van der Waals surface area contributed by atoms with E-state index in [0.29, 0.717) is 4.47 Å². The highest BCUT2D eigenvalue weighted by Gasteiger charge is 2.19. The monoisotopic (exact) mass is 352 g/mol. The summed E-state index contributed by atoms with van der Waals surface area (Å²) in [4.78, 5) is 3.60. The van der Waals surface area contributed by atoms with E-state index in [-0.39, 0.29) is 21.8 Å². The van der Waals surface area contributed by atoms with Gasteiger partial charge in [-0.05, 0) is 24.3 Å². The molecule has 0 atom stereocenters. The van der Waals surface area contributed by atoms with Crippen LogP contribution in [0.3, 0.4) is 0 Å². The summed E-state index contributed by atoms with van der Waals surface area (Å²) in [5.41, 5.74) is 6.09. The molecule has 2 aromatic rings. The van der Waals surface area contributed by atoms with Crippen LogP contribution in [0.5, 0.6) is 0 Å². The average molecular weight is 353 g/mol. The normalized spacial score (nSPS) is 10.8. The quantitative estimate of drug-likeness (QED) is 0.878. The maximum atomic E-state index is 12.2. The number of hydrogen-bond donors (Lipinski definition) is 2. The third-order valence-electron chi connectivity index (χ3n) is 2.45. The van der Waals surface area contributed by atoms with E-state index in [1.165, 1.54) is 24.4 Å². The van der Waals surface area contributed by atoms with Crippen molar-refractivity contribution in [1.29, 1.82) is 5.26 Å². The Morgan fingerprint density at radius 1 is 1.35 bits per heavy atom.